The number of allylic oxidation sites excluding steroid dienone is 1. The molecule has 0 spiro atoms. The number of piperidine rings is 1. The lowest BCUT2D eigenvalue weighted by atomic mass is 9.93. The largest absolute Gasteiger partial charge is 0.481 e. The van der Waals surface area contributed by atoms with Crippen LogP contribution >= 0.6 is 0 Å². The van der Waals surface area contributed by atoms with Gasteiger partial charge in [0.05, 0.1) is 0 Å². The zero-order valence-corrected chi connectivity index (χ0v) is 11.6. The molecule has 0 aromatic carbocycles. The van der Waals surface area contributed by atoms with Gasteiger partial charge in [-0.2, -0.15) is 0 Å². The molecule has 1 aliphatic heterocycles. The molecule has 5 heteroatoms. The minimum atomic E-state index is -0.757. The Kier molecular flexibility index (Phi) is 7.00. The molecule has 5 nitrogen and oxygen atoms in total. The molecule has 1 unspecified atom stereocenters. The van der Waals surface area contributed by atoms with Gasteiger partial charge in [-0.15, -0.1) is 0 Å². The average molecular weight is 268 g/mol. The summed E-state index contributed by atoms with van der Waals surface area (Å²) in [5.41, 5.74) is 0. The maximum absolute atomic E-state index is 11.9. The summed E-state index contributed by atoms with van der Waals surface area (Å²) in [6.45, 7) is 4.07. The molecular formula is C14H24N2O3. The van der Waals surface area contributed by atoms with E-state index >= 15 is 0 Å². The second-order valence-corrected chi connectivity index (χ2v) is 4.98. The number of urea groups is 1. The number of amides is 2. The summed E-state index contributed by atoms with van der Waals surface area (Å²) in [5, 5.41) is 11.6. The normalized spacial score (nSPS) is 19.6. The molecule has 1 heterocycles. The van der Waals surface area contributed by atoms with E-state index in [0.29, 0.717) is 25.4 Å². The van der Waals surface area contributed by atoms with E-state index in [2.05, 4.69) is 5.32 Å². The van der Waals surface area contributed by atoms with Crippen LogP contribution in [0.2, 0.25) is 0 Å². The van der Waals surface area contributed by atoms with E-state index in [1.165, 1.54) is 0 Å². The third kappa shape index (κ3) is 6.27. The summed E-state index contributed by atoms with van der Waals surface area (Å²) in [6, 6.07) is -0.0236. The standard InChI is InChI=1S/C14H24N2O3/c1-2-3-4-9-15-14(19)16-10-5-6-12(11-16)7-8-13(17)18/h2-3,12H,4-11H2,1H3,(H,15,19)(H,17,18)/b3-2+. The maximum atomic E-state index is 11.9. The van der Waals surface area contributed by atoms with Crippen molar-refractivity contribution < 1.29 is 14.7 Å². The predicted octanol–water partition coefficient (Wildman–Crippen LogP) is 2.24. The van der Waals surface area contributed by atoms with Gasteiger partial charge in [0, 0.05) is 26.1 Å². The molecule has 1 atom stereocenters. The summed E-state index contributed by atoms with van der Waals surface area (Å²) >= 11 is 0. The van der Waals surface area contributed by atoms with Gasteiger partial charge in [-0.25, -0.2) is 4.79 Å². The first kappa shape index (κ1) is 15.5. The van der Waals surface area contributed by atoms with Crippen LogP contribution < -0.4 is 5.32 Å². The number of rotatable bonds is 6. The zero-order valence-electron chi connectivity index (χ0n) is 11.6. The van der Waals surface area contributed by atoms with E-state index in [4.69, 9.17) is 5.11 Å². The highest BCUT2D eigenvalue weighted by molar-refractivity contribution is 5.74. The highest BCUT2D eigenvalue weighted by atomic mass is 16.4. The number of likely N-dealkylation sites (tertiary alicyclic amines) is 1. The van der Waals surface area contributed by atoms with Gasteiger partial charge in [0.15, 0.2) is 0 Å². The highest BCUT2D eigenvalue weighted by Crippen LogP contribution is 2.20. The van der Waals surface area contributed by atoms with Gasteiger partial charge in [-0.05, 0) is 38.5 Å². The number of carbonyl (C=O) groups is 2. The monoisotopic (exact) mass is 268 g/mol. The number of carboxylic acids is 1. The second-order valence-electron chi connectivity index (χ2n) is 4.98. The number of hydrogen-bond acceptors (Lipinski definition) is 2. The minimum Gasteiger partial charge on any atom is -0.481 e. The molecule has 1 saturated heterocycles. The van der Waals surface area contributed by atoms with Crippen molar-refractivity contribution in [1.29, 1.82) is 0 Å². The Morgan fingerprint density at radius 2 is 2.26 bits per heavy atom. The van der Waals surface area contributed by atoms with E-state index in [1.807, 2.05) is 24.0 Å². The third-order valence-electron chi connectivity index (χ3n) is 3.40. The fraction of sp³-hybridized carbons (Fsp3) is 0.714. The number of nitrogens with zero attached hydrogens (tertiary/aromatic N) is 1. The van der Waals surface area contributed by atoms with Crippen molar-refractivity contribution in [3.05, 3.63) is 12.2 Å². The Labute approximate surface area is 114 Å². The number of nitrogens with one attached hydrogen (secondary N) is 1. The highest BCUT2D eigenvalue weighted by Gasteiger charge is 2.23. The van der Waals surface area contributed by atoms with E-state index in [0.717, 1.165) is 25.8 Å². The lowest BCUT2D eigenvalue weighted by Gasteiger charge is -2.32. The van der Waals surface area contributed by atoms with E-state index in [1.54, 1.807) is 0 Å². The van der Waals surface area contributed by atoms with Crippen LogP contribution in [0.1, 0.15) is 39.0 Å². The van der Waals surface area contributed by atoms with Crippen molar-refractivity contribution in [1.82, 2.24) is 10.2 Å². The average Bonchev–Trinajstić information content (AvgIpc) is 2.41. The molecule has 1 aliphatic rings. The van der Waals surface area contributed by atoms with Crippen LogP contribution in [-0.2, 0) is 4.79 Å². The van der Waals surface area contributed by atoms with Crippen molar-refractivity contribution in [2.24, 2.45) is 5.92 Å². The molecule has 0 aliphatic carbocycles. The number of aliphatic carboxylic acids is 1. The maximum Gasteiger partial charge on any atom is 0.317 e. The first-order valence-corrected chi connectivity index (χ1v) is 6.99. The smallest absolute Gasteiger partial charge is 0.317 e. The van der Waals surface area contributed by atoms with Gasteiger partial charge in [-0.1, -0.05) is 12.2 Å². The molecule has 0 aromatic heterocycles. The van der Waals surface area contributed by atoms with Gasteiger partial charge >= 0.3 is 12.0 Å². The predicted molar refractivity (Wildman–Crippen MR) is 74.0 cm³/mol. The van der Waals surface area contributed by atoms with Crippen LogP contribution in [0.3, 0.4) is 0 Å². The summed E-state index contributed by atoms with van der Waals surface area (Å²) in [5.74, 6) is -0.431. The number of hydrogen-bond donors (Lipinski definition) is 2. The van der Waals surface area contributed by atoms with E-state index in [9.17, 15) is 9.59 Å². The molecule has 0 radical (unpaired) electrons. The molecule has 2 amide bonds. The third-order valence-corrected chi connectivity index (χ3v) is 3.40. The van der Waals surface area contributed by atoms with Crippen molar-refractivity contribution in [2.45, 2.75) is 39.0 Å². The quantitative estimate of drug-likeness (QED) is 0.573. The molecule has 108 valence electrons. The van der Waals surface area contributed by atoms with Gasteiger partial charge in [0.1, 0.15) is 0 Å². The Balaban J connectivity index is 2.28. The van der Waals surface area contributed by atoms with Crippen LogP contribution in [0.15, 0.2) is 12.2 Å². The minimum absolute atomic E-state index is 0.0236. The fourth-order valence-electron chi connectivity index (χ4n) is 2.35. The molecule has 0 aromatic rings. The van der Waals surface area contributed by atoms with E-state index in [-0.39, 0.29) is 12.5 Å². The SMILES string of the molecule is C/C=C/CCNC(=O)N1CCCC(CCC(=O)O)C1. The van der Waals surface area contributed by atoms with Crippen molar-refractivity contribution in [2.75, 3.05) is 19.6 Å². The summed E-state index contributed by atoms with van der Waals surface area (Å²) in [7, 11) is 0. The summed E-state index contributed by atoms with van der Waals surface area (Å²) < 4.78 is 0. The van der Waals surface area contributed by atoms with Crippen LogP contribution in [0, 0.1) is 5.92 Å². The lowest BCUT2D eigenvalue weighted by Crippen LogP contribution is -2.45. The van der Waals surface area contributed by atoms with Crippen molar-refractivity contribution in [3.8, 4) is 0 Å². The number of carboxylic acid groups (broad SMARTS) is 1. The van der Waals surface area contributed by atoms with E-state index < -0.39 is 5.97 Å². The molecule has 1 fully saturated rings. The lowest BCUT2D eigenvalue weighted by molar-refractivity contribution is -0.137. The summed E-state index contributed by atoms with van der Waals surface area (Å²) in [6.07, 6.45) is 7.68. The van der Waals surface area contributed by atoms with Gasteiger partial charge in [0.2, 0.25) is 0 Å². The zero-order chi connectivity index (χ0) is 14.1. The first-order chi connectivity index (χ1) is 9.13. The topological polar surface area (TPSA) is 69.6 Å². The molecule has 0 bridgehead atoms. The Morgan fingerprint density at radius 1 is 1.47 bits per heavy atom. The van der Waals surface area contributed by atoms with Crippen molar-refractivity contribution >= 4 is 12.0 Å². The molecule has 0 saturated carbocycles. The molecular weight excluding hydrogens is 244 g/mol. The second kappa shape index (κ2) is 8.56. The molecule has 2 N–H and O–H groups in total. The fourth-order valence-corrected chi connectivity index (χ4v) is 2.35. The Hall–Kier alpha value is -1.52. The van der Waals surface area contributed by atoms with Crippen LogP contribution in [-0.4, -0.2) is 41.6 Å². The van der Waals surface area contributed by atoms with Crippen LogP contribution in [0.25, 0.3) is 0 Å². The molecule has 19 heavy (non-hydrogen) atoms. The molecule has 1 rings (SSSR count). The first-order valence-electron chi connectivity index (χ1n) is 6.99. The van der Waals surface area contributed by atoms with Gasteiger partial charge < -0.3 is 15.3 Å². The van der Waals surface area contributed by atoms with Crippen LogP contribution in [0.4, 0.5) is 4.79 Å². The Morgan fingerprint density at radius 3 is 2.95 bits per heavy atom. The van der Waals surface area contributed by atoms with Gasteiger partial charge in [-0.3, -0.25) is 4.79 Å². The Bertz CT molecular complexity index is 329. The van der Waals surface area contributed by atoms with Crippen LogP contribution in [0.5, 0.6) is 0 Å². The number of carbonyl (C=O) groups excluding carboxylic acids is 1. The van der Waals surface area contributed by atoms with Crippen molar-refractivity contribution in [3.63, 3.8) is 0 Å². The summed E-state index contributed by atoms with van der Waals surface area (Å²) in [4.78, 5) is 24.3. The van der Waals surface area contributed by atoms with Gasteiger partial charge in [0.25, 0.3) is 0 Å².